The summed E-state index contributed by atoms with van der Waals surface area (Å²) in [6.45, 7) is 1.96. The Kier molecular flexibility index (Phi) is 8.81. The number of aromatic amines is 1. The number of rotatable bonds is 3. The maximum Gasteiger partial charge on any atom is 0.157 e. The first kappa shape index (κ1) is 25.8. The van der Waals surface area contributed by atoms with Crippen molar-refractivity contribution in [2.75, 3.05) is 18.8 Å². The van der Waals surface area contributed by atoms with Crippen molar-refractivity contribution in [1.29, 1.82) is 0 Å². The largest absolute Gasteiger partial charge is 0.383 e. The monoisotopic (exact) mass is 496 g/mol. The highest BCUT2D eigenvalue weighted by Gasteiger charge is 2.23. The molecule has 0 bridgehead atoms. The van der Waals surface area contributed by atoms with Crippen molar-refractivity contribution < 1.29 is 4.39 Å². The number of nitrogens with zero attached hydrogens (tertiary/aromatic N) is 3. The number of benzene rings is 1. The van der Waals surface area contributed by atoms with Crippen molar-refractivity contribution in [3.8, 4) is 22.4 Å². The fourth-order valence-corrected chi connectivity index (χ4v) is 4.07. The lowest BCUT2D eigenvalue weighted by molar-refractivity contribution is 0.453. The Hall–Kier alpha value is -2.45. The molecule has 0 saturated carbocycles. The summed E-state index contributed by atoms with van der Waals surface area (Å²) in [6, 6.07) is 9.11. The molecule has 170 valence electrons. The van der Waals surface area contributed by atoms with Gasteiger partial charge in [0, 0.05) is 52.0 Å². The predicted molar refractivity (Wildman–Crippen MR) is 134 cm³/mol. The zero-order chi connectivity index (χ0) is 19.8. The molecule has 0 atom stereocenters. The van der Waals surface area contributed by atoms with Gasteiger partial charge in [-0.1, -0.05) is 24.3 Å². The SMILES string of the molecule is Cl.Cl.Cl.Nc1ncc(-c2c[nH]nc2C2CCNCC2)cc1-c1ncc2ccccc2c1F. The van der Waals surface area contributed by atoms with E-state index in [1.807, 2.05) is 30.5 Å². The number of hydrogen-bond acceptors (Lipinski definition) is 5. The lowest BCUT2D eigenvalue weighted by Gasteiger charge is -2.22. The number of piperidine rings is 1. The summed E-state index contributed by atoms with van der Waals surface area (Å²) in [4.78, 5) is 8.68. The van der Waals surface area contributed by atoms with E-state index in [1.54, 1.807) is 18.5 Å². The number of aromatic nitrogens is 4. The summed E-state index contributed by atoms with van der Waals surface area (Å²) in [5.74, 6) is 0.246. The third-order valence-electron chi connectivity index (χ3n) is 5.62. The number of nitrogens with two attached hydrogens (primary N) is 1. The van der Waals surface area contributed by atoms with Crippen LogP contribution in [-0.2, 0) is 0 Å². The summed E-state index contributed by atoms with van der Waals surface area (Å²) >= 11 is 0. The quantitative estimate of drug-likeness (QED) is 0.364. The van der Waals surface area contributed by atoms with Gasteiger partial charge in [-0.3, -0.25) is 10.1 Å². The van der Waals surface area contributed by atoms with Crippen LogP contribution in [-0.4, -0.2) is 33.3 Å². The van der Waals surface area contributed by atoms with E-state index >= 15 is 4.39 Å². The second-order valence-electron chi connectivity index (χ2n) is 7.37. The molecule has 0 spiro atoms. The molecule has 32 heavy (non-hydrogen) atoms. The second kappa shape index (κ2) is 10.9. The van der Waals surface area contributed by atoms with E-state index in [0.29, 0.717) is 16.9 Å². The van der Waals surface area contributed by atoms with Crippen molar-refractivity contribution in [3.63, 3.8) is 0 Å². The van der Waals surface area contributed by atoms with Gasteiger partial charge in [-0.25, -0.2) is 9.37 Å². The van der Waals surface area contributed by atoms with Gasteiger partial charge in [0.05, 0.1) is 5.69 Å². The van der Waals surface area contributed by atoms with Crippen LogP contribution in [0, 0.1) is 5.82 Å². The molecule has 1 fully saturated rings. The molecule has 1 saturated heterocycles. The maximum absolute atomic E-state index is 15.2. The Labute approximate surface area is 203 Å². The molecule has 0 unspecified atom stereocenters. The van der Waals surface area contributed by atoms with E-state index in [1.165, 1.54) is 0 Å². The standard InChI is InChI=1S/C22H21FN6.3ClH/c23-19-16-4-2-1-3-14(16)10-26-21(19)17-9-15(11-27-22(17)24)18-12-28-29-20(18)13-5-7-25-8-6-13;;;/h1-4,9-13,25H,5-8H2,(H2,24,27)(H,28,29);3*1H. The second-order valence-corrected chi connectivity index (χ2v) is 7.37. The van der Waals surface area contributed by atoms with Gasteiger partial charge in [0.15, 0.2) is 5.82 Å². The van der Waals surface area contributed by atoms with E-state index < -0.39 is 0 Å². The van der Waals surface area contributed by atoms with Crippen LogP contribution in [0.4, 0.5) is 10.2 Å². The minimum Gasteiger partial charge on any atom is -0.383 e. The van der Waals surface area contributed by atoms with Crippen LogP contribution in [0.25, 0.3) is 33.2 Å². The van der Waals surface area contributed by atoms with Crippen LogP contribution in [0.15, 0.2) is 48.9 Å². The Balaban J connectivity index is 0.00000121. The number of pyridine rings is 2. The molecular formula is C22H24Cl3FN6. The zero-order valence-corrected chi connectivity index (χ0v) is 19.5. The molecule has 4 N–H and O–H groups in total. The van der Waals surface area contributed by atoms with Crippen molar-refractivity contribution >= 4 is 53.8 Å². The van der Waals surface area contributed by atoms with Crippen molar-refractivity contribution in [1.82, 2.24) is 25.5 Å². The Morgan fingerprint density at radius 3 is 2.50 bits per heavy atom. The number of nitrogens with one attached hydrogen (secondary N) is 2. The van der Waals surface area contributed by atoms with E-state index in [0.717, 1.165) is 48.1 Å². The van der Waals surface area contributed by atoms with Crippen LogP contribution in [0.1, 0.15) is 24.5 Å². The minimum absolute atomic E-state index is 0. The maximum atomic E-state index is 15.2. The Bertz CT molecular complexity index is 1190. The number of nitrogen functional groups attached to an aromatic ring is 1. The summed E-state index contributed by atoms with van der Waals surface area (Å²) < 4.78 is 15.2. The molecule has 4 heterocycles. The number of H-pyrrole nitrogens is 1. The molecule has 5 rings (SSSR count). The first-order valence-corrected chi connectivity index (χ1v) is 9.76. The van der Waals surface area contributed by atoms with Gasteiger partial charge >= 0.3 is 0 Å². The third kappa shape index (κ3) is 4.66. The van der Waals surface area contributed by atoms with E-state index in [9.17, 15) is 0 Å². The van der Waals surface area contributed by atoms with Crippen LogP contribution in [0.3, 0.4) is 0 Å². The van der Waals surface area contributed by atoms with Crippen LogP contribution in [0.2, 0.25) is 0 Å². The number of fused-ring (bicyclic) bond motifs is 1. The molecule has 10 heteroatoms. The number of anilines is 1. The molecule has 1 aliphatic rings. The average molecular weight is 498 g/mol. The van der Waals surface area contributed by atoms with E-state index in [2.05, 4.69) is 25.5 Å². The predicted octanol–water partition coefficient (Wildman–Crippen LogP) is 5.14. The molecule has 3 aromatic heterocycles. The smallest absolute Gasteiger partial charge is 0.157 e. The molecule has 6 nitrogen and oxygen atoms in total. The van der Waals surface area contributed by atoms with Crippen molar-refractivity contribution in [2.24, 2.45) is 0 Å². The van der Waals surface area contributed by atoms with Crippen molar-refractivity contribution in [2.45, 2.75) is 18.8 Å². The minimum atomic E-state index is -0.389. The summed E-state index contributed by atoms with van der Waals surface area (Å²) in [7, 11) is 0. The summed E-state index contributed by atoms with van der Waals surface area (Å²) in [5.41, 5.74) is 9.67. The van der Waals surface area contributed by atoms with Gasteiger partial charge in [-0.05, 0) is 32.0 Å². The summed E-state index contributed by atoms with van der Waals surface area (Å²) in [5, 5.41) is 12.1. The first-order valence-electron chi connectivity index (χ1n) is 9.76. The fourth-order valence-electron chi connectivity index (χ4n) is 4.07. The summed E-state index contributed by atoms with van der Waals surface area (Å²) in [6.07, 6.45) is 7.33. The van der Waals surface area contributed by atoms with Gasteiger partial charge in [0.25, 0.3) is 0 Å². The van der Waals surface area contributed by atoms with Crippen LogP contribution >= 0.6 is 37.2 Å². The molecule has 0 radical (unpaired) electrons. The average Bonchev–Trinajstić information content (AvgIpc) is 3.25. The van der Waals surface area contributed by atoms with E-state index in [4.69, 9.17) is 5.73 Å². The topological polar surface area (TPSA) is 92.5 Å². The highest BCUT2D eigenvalue weighted by molar-refractivity contribution is 5.88. The van der Waals surface area contributed by atoms with E-state index in [-0.39, 0.29) is 54.6 Å². The highest BCUT2D eigenvalue weighted by Crippen LogP contribution is 2.36. The van der Waals surface area contributed by atoms with Crippen molar-refractivity contribution in [3.05, 3.63) is 60.4 Å². The fraction of sp³-hybridized carbons (Fsp3) is 0.227. The lowest BCUT2D eigenvalue weighted by Crippen LogP contribution is -2.27. The molecule has 4 aromatic rings. The lowest BCUT2D eigenvalue weighted by atomic mass is 9.90. The van der Waals surface area contributed by atoms with Gasteiger partial charge in [-0.2, -0.15) is 5.10 Å². The third-order valence-corrected chi connectivity index (χ3v) is 5.62. The van der Waals surface area contributed by atoms with Gasteiger partial charge in [0.2, 0.25) is 0 Å². The van der Waals surface area contributed by atoms with Crippen LogP contribution in [0.5, 0.6) is 0 Å². The molecule has 0 aliphatic carbocycles. The van der Waals surface area contributed by atoms with Gasteiger partial charge in [-0.15, -0.1) is 37.2 Å². The molecule has 1 aromatic carbocycles. The zero-order valence-electron chi connectivity index (χ0n) is 17.0. The van der Waals surface area contributed by atoms with Crippen LogP contribution < -0.4 is 11.1 Å². The Morgan fingerprint density at radius 2 is 1.72 bits per heavy atom. The first-order chi connectivity index (χ1) is 14.2. The number of hydrogen-bond donors (Lipinski definition) is 3. The highest BCUT2D eigenvalue weighted by atomic mass is 35.5. The molecular weight excluding hydrogens is 474 g/mol. The molecule has 0 amide bonds. The van der Waals surface area contributed by atoms with Gasteiger partial charge < -0.3 is 11.1 Å². The molecule has 1 aliphatic heterocycles. The van der Waals surface area contributed by atoms with Gasteiger partial charge in [0.1, 0.15) is 11.5 Å². The number of halogens is 4. The normalized spacial score (nSPS) is 13.7. The Morgan fingerprint density at radius 1 is 0.969 bits per heavy atom.